The van der Waals surface area contributed by atoms with Crippen LogP contribution in [0.2, 0.25) is 0 Å². The van der Waals surface area contributed by atoms with Gasteiger partial charge in [0.25, 0.3) is 0 Å². The summed E-state index contributed by atoms with van der Waals surface area (Å²) in [6.07, 6.45) is 6.87. The van der Waals surface area contributed by atoms with Crippen molar-refractivity contribution < 1.29 is 14.3 Å². The molecule has 3 aromatic rings. The van der Waals surface area contributed by atoms with E-state index in [1.807, 2.05) is 24.4 Å². The highest BCUT2D eigenvalue weighted by molar-refractivity contribution is 5.95. The van der Waals surface area contributed by atoms with Gasteiger partial charge in [0.15, 0.2) is 0 Å². The van der Waals surface area contributed by atoms with Crippen LogP contribution in [0.1, 0.15) is 52.7 Å². The van der Waals surface area contributed by atoms with Gasteiger partial charge in [-0.1, -0.05) is 24.6 Å². The van der Waals surface area contributed by atoms with Crippen molar-refractivity contribution in [1.82, 2.24) is 14.9 Å². The van der Waals surface area contributed by atoms with Gasteiger partial charge in [-0.15, -0.1) is 0 Å². The van der Waals surface area contributed by atoms with E-state index in [4.69, 9.17) is 4.42 Å². The molecule has 0 aliphatic carbocycles. The quantitative estimate of drug-likeness (QED) is 0.707. The Balaban J connectivity index is 1.58. The molecule has 0 spiro atoms. The van der Waals surface area contributed by atoms with E-state index in [-0.39, 0.29) is 11.6 Å². The molecule has 0 saturated carbocycles. The first kappa shape index (κ1) is 18.4. The monoisotopic (exact) mass is 377 g/mol. The number of piperidine rings is 1. The Labute approximate surface area is 163 Å². The van der Waals surface area contributed by atoms with Crippen molar-refractivity contribution >= 4 is 5.97 Å². The van der Waals surface area contributed by atoms with Crippen LogP contribution in [0.4, 0.5) is 0 Å². The fraction of sp³-hybridized carbons (Fsp3) is 0.318. The van der Waals surface area contributed by atoms with Gasteiger partial charge in [0.1, 0.15) is 17.8 Å². The van der Waals surface area contributed by atoms with Gasteiger partial charge in [0, 0.05) is 11.8 Å². The van der Waals surface area contributed by atoms with Gasteiger partial charge in [0.05, 0.1) is 23.8 Å². The van der Waals surface area contributed by atoms with Crippen LogP contribution in [0.25, 0.3) is 11.3 Å². The van der Waals surface area contributed by atoms with Crippen molar-refractivity contribution in [2.75, 3.05) is 6.54 Å². The molecule has 1 unspecified atom stereocenters. The molecule has 6 heteroatoms. The molecule has 1 N–H and O–H groups in total. The van der Waals surface area contributed by atoms with Crippen molar-refractivity contribution in [1.29, 1.82) is 0 Å². The summed E-state index contributed by atoms with van der Waals surface area (Å²) < 4.78 is 6.04. The van der Waals surface area contributed by atoms with E-state index < -0.39 is 5.97 Å². The van der Waals surface area contributed by atoms with Crippen LogP contribution in [0, 0.1) is 6.92 Å². The number of rotatable bonds is 5. The number of nitrogens with zero attached hydrogens (tertiary/aromatic N) is 3. The summed E-state index contributed by atoms with van der Waals surface area (Å²) in [5, 5.41) is 9.42. The average molecular weight is 377 g/mol. The topological polar surface area (TPSA) is 79.5 Å². The number of likely N-dealkylation sites (tertiary alicyclic amines) is 1. The predicted octanol–water partition coefficient (Wildman–Crippen LogP) is 4.47. The number of aromatic nitrogens is 2. The number of carboxylic acid groups (broad SMARTS) is 1. The van der Waals surface area contributed by atoms with Gasteiger partial charge in [-0.2, -0.15) is 0 Å². The first-order valence-electron chi connectivity index (χ1n) is 9.55. The van der Waals surface area contributed by atoms with Crippen LogP contribution in [0.3, 0.4) is 0 Å². The Morgan fingerprint density at radius 2 is 2.11 bits per heavy atom. The van der Waals surface area contributed by atoms with E-state index in [1.165, 1.54) is 6.42 Å². The molecule has 1 saturated heterocycles. The highest BCUT2D eigenvalue weighted by atomic mass is 16.4. The molecular formula is C22H23N3O3. The largest absolute Gasteiger partial charge is 0.478 e. The lowest BCUT2D eigenvalue weighted by atomic mass is 9.97. The maximum absolute atomic E-state index is 11.5. The van der Waals surface area contributed by atoms with Crippen LogP contribution < -0.4 is 0 Å². The first-order valence-corrected chi connectivity index (χ1v) is 9.55. The van der Waals surface area contributed by atoms with Crippen molar-refractivity contribution in [3.8, 4) is 11.3 Å². The van der Waals surface area contributed by atoms with E-state index in [0.29, 0.717) is 17.9 Å². The fourth-order valence-electron chi connectivity index (χ4n) is 3.94. The van der Waals surface area contributed by atoms with Crippen molar-refractivity contribution in [2.45, 2.75) is 38.8 Å². The summed E-state index contributed by atoms with van der Waals surface area (Å²) >= 11 is 0. The summed E-state index contributed by atoms with van der Waals surface area (Å²) in [5.41, 5.74) is 3.03. The number of benzene rings is 1. The molecule has 4 rings (SSSR count). The third-order valence-electron chi connectivity index (χ3n) is 5.31. The maximum Gasteiger partial charge on any atom is 0.336 e. The molecule has 1 aliphatic rings. The molecule has 28 heavy (non-hydrogen) atoms. The Hall–Kier alpha value is -2.99. The second-order valence-electron chi connectivity index (χ2n) is 7.19. The minimum absolute atomic E-state index is 0.246. The number of aromatic carboxylic acids is 1. The van der Waals surface area contributed by atoms with Gasteiger partial charge < -0.3 is 9.52 Å². The third kappa shape index (κ3) is 3.68. The molecule has 0 radical (unpaired) electrons. The van der Waals surface area contributed by atoms with E-state index in [9.17, 15) is 9.90 Å². The molecule has 1 aliphatic heterocycles. The number of carbonyl (C=O) groups is 1. The van der Waals surface area contributed by atoms with Gasteiger partial charge >= 0.3 is 5.97 Å². The minimum atomic E-state index is -0.955. The summed E-state index contributed by atoms with van der Waals surface area (Å²) in [5.74, 6) is 0.456. The highest BCUT2D eigenvalue weighted by Crippen LogP contribution is 2.33. The lowest BCUT2D eigenvalue weighted by molar-refractivity contribution is 0.0697. The standard InChI is InChI=1S/C22H23N3O3/c1-15-12-23-14-24-21(15)19-8-4-5-11-25(19)13-16-9-10-20(28-16)17-6-2-3-7-18(17)22(26)27/h2-3,6-7,9-10,12,14,19H,4-5,8,11,13H2,1H3,(H,26,27). The van der Waals surface area contributed by atoms with Crippen LogP contribution >= 0.6 is 0 Å². The lowest BCUT2D eigenvalue weighted by Crippen LogP contribution is -2.33. The van der Waals surface area contributed by atoms with Crippen molar-refractivity contribution in [2.24, 2.45) is 0 Å². The van der Waals surface area contributed by atoms with Crippen LogP contribution in [-0.4, -0.2) is 32.5 Å². The zero-order valence-corrected chi connectivity index (χ0v) is 15.8. The Morgan fingerprint density at radius 3 is 2.93 bits per heavy atom. The third-order valence-corrected chi connectivity index (χ3v) is 5.31. The Morgan fingerprint density at radius 1 is 1.25 bits per heavy atom. The van der Waals surface area contributed by atoms with Crippen molar-refractivity contribution in [3.05, 3.63) is 71.5 Å². The molecule has 144 valence electrons. The molecule has 3 heterocycles. The Bertz CT molecular complexity index is 982. The fourth-order valence-corrected chi connectivity index (χ4v) is 3.94. The molecule has 1 aromatic carbocycles. The smallest absolute Gasteiger partial charge is 0.336 e. The molecule has 1 atom stereocenters. The van der Waals surface area contributed by atoms with Gasteiger partial charge in [-0.25, -0.2) is 14.8 Å². The van der Waals surface area contributed by atoms with Crippen molar-refractivity contribution in [3.63, 3.8) is 0 Å². The summed E-state index contributed by atoms with van der Waals surface area (Å²) in [6, 6.07) is 11.0. The summed E-state index contributed by atoms with van der Waals surface area (Å²) in [7, 11) is 0. The Kier molecular flexibility index (Phi) is 5.21. The first-order chi connectivity index (χ1) is 13.6. The average Bonchev–Trinajstić information content (AvgIpc) is 3.17. The zero-order valence-electron chi connectivity index (χ0n) is 15.8. The van der Waals surface area contributed by atoms with E-state index >= 15 is 0 Å². The predicted molar refractivity (Wildman–Crippen MR) is 105 cm³/mol. The second-order valence-corrected chi connectivity index (χ2v) is 7.19. The molecule has 2 aromatic heterocycles. The number of hydrogen-bond donors (Lipinski definition) is 1. The normalized spacial score (nSPS) is 17.5. The summed E-state index contributed by atoms with van der Waals surface area (Å²) in [4.78, 5) is 22.5. The number of hydrogen-bond acceptors (Lipinski definition) is 5. The van der Waals surface area contributed by atoms with Gasteiger partial charge in [-0.3, -0.25) is 4.90 Å². The molecule has 0 amide bonds. The molecule has 1 fully saturated rings. The summed E-state index contributed by atoms with van der Waals surface area (Å²) in [6.45, 7) is 3.70. The van der Waals surface area contributed by atoms with Crippen LogP contribution in [0.15, 0.2) is 53.3 Å². The number of aryl methyl sites for hydroxylation is 1. The molecule has 6 nitrogen and oxygen atoms in total. The van der Waals surface area contributed by atoms with E-state index in [1.54, 1.807) is 24.5 Å². The lowest BCUT2D eigenvalue weighted by Gasteiger charge is -2.35. The van der Waals surface area contributed by atoms with Crippen LogP contribution in [0.5, 0.6) is 0 Å². The number of carboxylic acids is 1. The highest BCUT2D eigenvalue weighted by Gasteiger charge is 2.27. The molecule has 0 bridgehead atoms. The van der Waals surface area contributed by atoms with E-state index in [2.05, 4.69) is 21.8 Å². The SMILES string of the molecule is Cc1cncnc1C1CCCCN1Cc1ccc(-c2ccccc2C(=O)O)o1. The minimum Gasteiger partial charge on any atom is -0.478 e. The zero-order chi connectivity index (χ0) is 19.5. The van der Waals surface area contributed by atoms with Gasteiger partial charge in [0.2, 0.25) is 0 Å². The molecular weight excluding hydrogens is 354 g/mol. The van der Waals surface area contributed by atoms with Gasteiger partial charge in [-0.05, 0) is 50.1 Å². The second kappa shape index (κ2) is 7.94. The van der Waals surface area contributed by atoms with Crippen LogP contribution in [-0.2, 0) is 6.54 Å². The number of furan rings is 1. The van der Waals surface area contributed by atoms with E-state index in [0.717, 1.165) is 36.4 Å². The maximum atomic E-state index is 11.5.